The largest absolute Gasteiger partial charge is 0.440 e. The molecular weight excluding hydrogens is 214 g/mol. The number of rotatable bonds is 2. The third kappa shape index (κ3) is 2.17. The molecule has 1 unspecified atom stereocenters. The van der Waals surface area contributed by atoms with Crippen LogP contribution < -0.4 is 0 Å². The molecule has 15 heavy (non-hydrogen) atoms. The summed E-state index contributed by atoms with van der Waals surface area (Å²) in [6.45, 7) is 3.83. The second-order valence-corrected chi connectivity index (χ2v) is 4.29. The maximum Gasteiger partial charge on any atom is 0.289 e. The molecule has 3 nitrogen and oxygen atoms in total. The van der Waals surface area contributed by atoms with Crippen molar-refractivity contribution in [1.29, 1.82) is 0 Å². The van der Waals surface area contributed by atoms with Gasteiger partial charge in [0.1, 0.15) is 0 Å². The van der Waals surface area contributed by atoms with Gasteiger partial charge in [-0.05, 0) is 36.1 Å². The molecule has 0 radical (unpaired) electrons. The van der Waals surface area contributed by atoms with Crippen molar-refractivity contribution in [2.45, 2.75) is 19.8 Å². The van der Waals surface area contributed by atoms with E-state index in [1.54, 1.807) is 12.1 Å². The van der Waals surface area contributed by atoms with E-state index in [4.69, 9.17) is 16.0 Å². The van der Waals surface area contributed by atoms with Crippen molar-refractivity contribution in [3.05, 3.63) is 23.1 Å². The van der Waals surface area contributed by atoms with Gasteiger partial charge in [-0.15, -0.1) is 0 Å². The molecule has 1 aromatic rings. The Morgan fingerprint density at radius 1 is 1.67 bits per heavy atom. The summed E-state index contributed by atoms with van der Waals surface area (Å²) in [6, 6.07) is 3.23. The number of hydrogen-bond donors (Lipinski definition) is 0. The van der Waals surface area contributed by atoms with Crippen LogP contribution in [-0.4, -0.2) is 23.9 Å². The molecule has 2 heterocycles. The lowest BCUT2D eigenvalue weighted by molar-refractivity contribution is 0.0755. The SMILES string of the molecule is CCC1CCN(C(=O)c2ccc(Cl)o2)C1. The molecule has 4 heteroatoms. The first-order chi connectivity index (χ1) is 7.20. The number of carbonyl (C=O) groups is 1. The van der Waals surface area contributed by atoms with Gasteiger partial charge < -0.3 is 9.32 Å². The Kier molecular flexibility index (Phi) is 3.00. The van der Waals surface area contributed by atoms with Crippen LogP contribution in [-0.2, 0) is 0 Å². The van der Waals surface area contributed by atoms with Crippen molar-refractivity contribution in [3.8, 4) is 0 Å². The molecule has 1 amide bonds. The van der Waals surface area contributed by atoms with Gasteiger partial charge in [0.25, 0.3) is 5.91 Å². The lowest BCUT2D eigenvalue weighted by atomic mass is 10.1. The van der Waals surface area contributed by atoms with Crippen molar-refractivity contribution in [1.82, 2.24) is 4.90 Å². The van der Waals surface area contributed by atoms with Crippen LogP contribution in [0.5, 0.6) is 0 Å². The molecule has 2 rings (SSSR count). The van der Waals surface area contributed by atoms with Gasteiger partial charge >= 0.3 is 0 Å². The first kappa shape index (κ1) is 10.6. The van der Waals surface area contributed by atoms with Gasteiger partial charge in [0.05, 0.1) is 0 Å². The van der Waals surface area contributed by atoms with E-state index in [-0.39, 0.29) is 11.1 Å². The summed E-state index contributed by atoms with van der Waals surface area (Å²) in [6.07, 6.45) is 2.22. The van der Waals surface area contributed by atoms with Gasteiger partial charge in [0, 0.05) is 13.1 Å². The van der Waals surface area contributed by atoms with Gasteiger partial charge in [0.15, 0.2) is 11.0 Å². The van der Waals surface area contributed by atoms with Gasteiger partial charge in [-0.1, -0.05) is 13.3 Å². The predicted octanol–water partition coefficient (Wildman–Crippen LogP) is 2.81. The summed E-state index contributed by atoms with van der Waals surface area (Å²) in [4.78, 5) is 13.7. The number of likely N-dealkylation sites (tertiary alicyclic amines) is 1. The third-order valence-corrected chi connectivity index (χ3v) is 3.14. The van der Waals surface area contributed by atoms with Crippen LogP contribution in [0.25, 0.3) is 0 Å². The first-order valence-corrected chi connectivity index (χ1v) is 5.63. The summed E-state index contributed by atoms with van der Waals surface area (Å²) in [5.41, 5.74) is 0. The number of furan rings is 1. The zero-order valence-electron chi connectivity index (χ0n) is 8.70. The molecule has 1 fully saturated rings. The molecule has 1 aromatic heterocycles. The van der Waals surface area contributed by atoms with Crippen LogP contribution in [0.15, 0.2) is 16.5 Å². The molecule has 1 aliphatic heterocycles. The van der Waals surface area contributed by atoms with Crippen LogP contribution in [0.2, 0.25) is 5.22 Å². The monoisotopic (exact) mass is 227 g/mol. The molecule has 0 bridgehead atoms. The normalized spacial score (nSPS) is 20.9. The maximum atomic E-state index is 11.9. The number of hydrogen-bond acceptors (Lipinski definition) is 2. The minimum absolute atomic E-state index is 0.0437. The van der Waals surface area contributed by atoms with Crippen LogP contribution in [0.1, 0.15) is 30.3 Å². The highest BCUT2D eigenvalue weighted by Crippen LogP contribution is 2.22. The minimum Gasteiger partial charge on any atom is -0.440 e. The van der Waals surface area contributed by atoms with E-state index in [2.05, 4.69) is 6.92 Å². The highest BCUT2D eigenvalue weighted by Gasteiger charge is 2.27. The molecule has 1 aliphatic rings. The second kappa shape index (κ2) is 4.27. The molecule has 0 aliphatic carbocycles. The number of nitrogens with zero attached hydrogens (tertiary/aromatic N) is 1. The van der Waals surface area contributed by atoms with Gasteiger partial charge in [-0.2, -0.15) is 0 Å². The maximum absolute atomic E-state index is 11.9. The summed E-state index contributed by atoms with van der Waals surface area (Å²) >= 11 is 5.63. The number of carbonyl (C=O) groups excluding carboxylic acids is 1. The van der Waals surface area contributed by atoms with E-state index < -0.39 is 0 Å². The third-order valence-electron chi connectivity index (χ3n) is 2.93. The fourth-order valence-corrected chi connectivity index (χ4v) is 2.08. The number of amides is 1. The van der Waals surface area contributed by atoms with Gasteiger partial charge in [-0.3, -0.25) is 4.79 Å². The Hall–Kier alpha value is -0.960. The fourth-order valence-electron chi connectivity index (χ4n) is 1.94. The van der Waals surface area contributed by atoms with E-state index in [0.717, 1.165) is 25.9 Å². The zero-order valence-corrected chi connectivity index (χ0v) is 9.46. The lowest BCUT2D eigenvalue weighted by Crippen LogP contribution is -2.28. The van der Waals surface area contributed by atoms with Crippen molar-refractivity contribution >= 4 is 17.5 Å². The molecule has 0 saturated carbocycles. The van der Waals surface area contributed by atoms with Crippen molar-refractivity contribution in [2.24, 2.45) is 5.92 Å². The van der Waals surface area contributed by atoms with E-state index in [0.29, 0.717) is 11.7 Å². The Balaban J connectivity index is 2.03. The first-order valence-electron chi connectivity index (χ1n) is 5.25. The molecule has 0 aromatic carbocycles. The molecule has 1 atom stereocenters. The average Bonchev–Trinajstić information content (AvgIpc) is 2.84. The lowest BCUT2D eigenvalue weighted by Gasteiger charge is -2.14. The Morgan fingerprint density at radius 3 is 3.00 bits per heavy atom. The number of halogens is 1. The van der Waals surface area contributed by atoms with Crippen LogP contribution >= 0.6 is 11.6 Å². The van der Waals surface area contributed by atoms with Gasteiger partial charge in [0.2, 0.25) is 0 Å². The molecule has 1 saturated heterocycles. The summed E-state index contributed by atoms with van der Waals surface area (Å²) in [5, 5.41) is 0.268. The summed E-state index contributed by atoms with van der Waals surface area (Å²) in [5.74, 6) is 0.939. The zero-order chi connectivity index (χ0) is 10.8. The predicted molar refractivity (Wildman–Crippen MR) is 58.0 cm³/mol. The van der Waals surface area contributed by atoms with Crippen molar-refractivity contribution in [2.75, 3.05) is 13.1 Å². The Bertz CT molecular complexity index is 361. The Labute approximate surface area is 94.0 Å². The highest BCUT2D eigenvalue weighted by atomic mass is 35.5. The highest BCUT2D eigenvalue weighted by molar-refractivity contribution is 6.29. The van der Waals surface area contributed by atoms with Crippen LogP contribution in [0, 0.1) is 5.92 Å². The van der Waals surface area contributed by atoms with Crippen LogP contribution in [0.3, 0.4) is 0 Å². The van der Waals surface area contributed by atoms with E-state index >= 15 is 0 Å². The van der Waals surface area contributed by atoms with Gasteiger partial charge in [-0.25, -0.2) is 0 Å². The Morgan fingerprint density at radius 2 is 2.47 bits per heavy atom. The summed E-state index contributed by atoms with van der Waals surface area (Å²) < 4.78 is 5.10. The topological polar surface area (TPSA) is 33.5 Å². The molecule has 0 N–H and O–H groups in total. The molecule has 0 spiro atoms. The smallest absolute Gasteiger partial charge is 0.289 e. The van der Waals surface area contributed by atoms with Crippen molar-refractivity contribution < 1.29 is 9.21 Å². The minimum atomic E-state index is -0.0437. The van der Waals surface area contributed by atoms with E-state index in [1.165, 1.54) is 0 Å². The standard InChI is InChI=1S/C11H14ClNO2/c1-2-8-5-6-13(7-8)11(14)9-3-4-10(12)15-9/h3-4,8H,2,5-7H2,1H3. The quantitative estimate of drug-likeness (QED) is 0.779. The average molecular weight is 228 g/mol. The molecular formula is C11H14ClNO2. The van der Waals surface area contributed by atoms with E-state index in [9.17, 15) is 4.79 Å². The van der Waals surface area contributed by atoms with Crippen molar-refractivity contribution in [3.63, 3.8) is 0 Å². The fraction of sp³-hybridized carbons (Fsp3) is 0.545. The molecule has 82 valence electrons. The summed E-state index contributed by atoms with van der Waals surface area (Å²) in [7, 11) is 0. The van der Waals surface area contributed by atoms with E-state index in [1.807, 2.05) is 4.90 Å². The van der Waals surface area contributed by atoms with Crippen LogP contribution in [0.4, 0.5) is 0 Å². The second-order valence-electron chi connectivity index (χ2n) is 3.92.